The molecule has 1 aliphatic rings. The van der Waals surface area contributed by atoms with Gasteiger partial charge in [-0.05, 0) is 16.7 Å². The lowest BCUT2D eigenvalue weighted by Crippen LogP contribution is -2.40. The molecule has 4 atom stereocenters. The van der Waals surface area contributed by atoms with E-state index in [0.29, 0.717) is 19.8 Å². The summed E-state index contributed by atoms with van der Waals surface area (Å²) in [7, 11) is 0. The number of hydrogen-bond donors (Lipinski definition) is 1. The maximum atomic E-state index is 12.7. The number of hydrogen-bond acceptors (Lipinski definition) is 6. The Bertz CT molecular complexity index is 1390. The van der Waals surface area contributed by atoms with Crippen molar-refractivity contribution >= 4 is 0 Å². The zero-order valence-electron chi connectivity index (χ0n) is 20.8. The Hall–Kier alpha value is -3.82. The minimum Gasteiger partial charge on any atom is -0.374 e. The Morgan fingerprint density at radius 1 is 0.684 bits per heavy atom. The third kappa shape index (κ3) is 6.54. The fraction of sp³-hybridized carbons (Fsp3) is 0.267. The number of benzene rings is 3. The highest BCUT2D eigenvalue weighted by atomic mass is 16.6. The van der Waals surface area contributed by atoms with Gasteiger partial charge >= 0.3 is 5.69 Å². The monoisotopic (exact) mass is 514 g/mol. The highest BCUT2D eigenvalue weighted by Gasteiger charge is 2.47. The molecule has 0 saturated carbocycles. The molecule has 0 amide bonds. The number of nitrogens with one attached hydrogen (secondary N) is 1. The van der Waals surface area contributed by atoms with Gasteiger partial charge in [-0.1, -0.05) is 91.0 Å². The molecule has 5 rings (SSSR count). The fourth-order valence-electron chi connectivity index (χ4n) is 4.47. The van der Waals surface area contributed by atoms with Crippen molar-refractivity contribution in [2.75, 3.05) is 6.61 Å². The third-order valence-corrected chi connectivity index (χ3v) is 6.38. The molecule has 0 unspecified atom stereocenters. The molecule has 0 bridgehead atoms. The van der Waals surface area contributed by atoms with Gasteiger partial charge in [-0.15, -0.1) is 0 Å². The van der Waals surface area contributed by atoms with Gasteiger partial charge in [-0.25, -0.2) is 4.79 Å². The predicted octanol–water partition coefficient (Wildman–Crippen LogP) is 3.82. The van der Waals surface area contributed by atoms with Crippen molar-refractivity contribution in [1.29, 1.82) is 0 Å². The Morgan fingerprint density at radius 3 is 1.76 bits per heavy atom. The second-order valence-electron chi connectivity index (χ2n) is 9.11. The van der Waals surface area contributed by atoms with Crippen LogP contribution in [0, 0.1) is 0 Å². The number of rotatable bonds is 11. The van der Waals surface area contributed by atoms with Crippen molar-refractivity contribution in [3.05, 3.63) is 141 Å². The lowest BCUT2D eigenvalue weighted by molar-refractivity contribution is -0.0921. The Morgan fingerprint density at radius 2 is 1.21 bits per heavy atom. The van der Waals surface area contributed by atoms with Crippen molar-refractivity contribution in [1.82, 2.24) is 9.55 Å². The summed E-state index contributed by atoms with van der Waals surface area (Å²) in [6.45, 7) is 1.27. The summed E-state index contributed by atoms with van der Waals surface area (Å²) in [4.78, 5) is 26.8. The molecule has 196 valence electrons. The molecule has 38 heavy (non-hydrogen) atoms. The Kier molecular flexibility index (Phi) is 8.57. The standard InChI is InChI=1S/C30H30N2O6/c33-26-16-17-32(30(34)31-26)29-28(37-20-24-14-8-3-9-15-24)27(36-19-23-12-6-2-7-13-23)25(38-29)21-35-18-22-10-4-1-5-11-22/h1-17,25,27-29H,18-21H2,(H,31,33,34)/t25-,27-,28+,29+/m0/s1. The van der Waals surface area contributed by atoms with Gasteiger partial charge in [0.05, 0.1) is 26.4 Å². The number of aromatic amines is 1. The minimum atomic E-state index is -0.825. The molecule has 1 fully saturated rings. The molecule has 4 aromatic rings. The molecule has 3 aromatic carbocycles. The highest BCUT2D eigenvalue weighted by Crippen LogP contribution is 2.34. The van der Waals surface area contributed by atoms with Gasteiger partial charge < -0.3 is 18.9 Å². The van der Waals surface area contributed by atoms with E-state index in [0.717, 1.165) is 16.7 Å². The van der Waals surface area contributed by atoms with Crippen molar-refractivity contribution in [2.45, 2.75) is 44.4 Å². The minimum absolute atomic E-state index is 0.230. The molecule has 0 aliphatic carbocycles. The molecule has 8 nitrogen and oxygen atoms in total. The fourth-order valence-corrected chi connectivity index (χ4v) is 4.47. The number of nitrogens with zero attached hydrogens (tertiary/aromatic N) is 1. The van der Waals surface area contributed by atoms with E-state index in [-0.39, 0.29) is 6.61 Å². The van der Waals surface area contributed by atoms with Gasteiger partial charge in [0.25, 0.3) is 5.56 Å². The topological polar surface area (TPSA) is 91.8 Å². The summed E-state index contributed by atoms with van der Waals surface area (Å²) in [5, 5.41) is 0. The Balaban J connectivity index is 1.41. The molecule has 1 aromatic heterocycles. The molecular weight excluding hydrogens is 484 g/mol. The first kappa shape index (κ1) is 25.8. The summed E-state index contributed by atoms with van der Waals surface area (Å²) in [6, 6.07) is 30.8. The van der Waals surface area contributed by atoms with Crippen LogP contribution in [-0.4, -0.2) is 34.5 Å². The van der Waals surface area contributed by atoms with Crippen molar-refractivity contribution in [3.8, 4) is 0 Å². The molecular formula is C30H30N2O6. The van der Waals surface area contributed by atoms with Crippen LogP contribution in [0.15, 0.2) is 113 Å². The van der Waals surface area contributed by atoms with Crippen LogP contribution in [0.25, 0.3) is 0 Å². The van der Waals surface area contributed by atoms with Gasteiger partial charge in [-0.2, -0.15) is 0 Å². The number of ether oxygens (including phenoxy) is 4. The van der Waals surface area contributed by atoms with Gasteiger partial charge in [-0.3, -0.25) is 14.3 Å². The van der Waals surface area contributed by atoms with E-state index in [1.807, 2.05) is 91.0 Å². The molecule has 1 aliphatic heterocycles. The van der Waals surface area contributed by atoms with Crippen molar-refractivity contribution in [2.24, 2.45) is 0 Å². The van der Waals surface area contributed by atoms with E-state index in [1.54, 1.807) is 0 Å². The normalized spacial score (nSPS) is 20.9. The maximum absolute atomic E-state index is 12.7. The van der Waals surface area contributed by atoms with Gasteiger partial charge in [0.2, 0.25) is 0 Å². The summed E-state index contributed by atoms with van der Waals surface area (Å²) in [6.07, 6.45) is -1.11. The molecule has 2 heterocycles. The first-order chi connectivity index (χ1) is 18.7. The number of H-pyrrole nitrogens is 1. The van der Waals surface area contributed by atoms with Crippen LogP contribution < -0.4 is 11.2 Å². The van der Waals surface area contributed by atoms with Crippen LogP contribution in [0.4, 0.5) is 0 Å². The van der Waals surface area contributed by atoms with E-state index in [1.165, 1.54) is 16.8 Å². The first-order valence-electron chi connectivity index (χ1n) is 12.6. The molecule has 1 saturated heterocycles. The van der Waals surface area contributed by atoms with Gasteiger partial charge in [0.1, 0.15) is 18.3 Å². The summed E-state index contributed by atoms with van der Waals surface area (Å²) >= 11 is 0. The number of aromatic nitrogens is 2. The van der Waals surface area contributed by atoms with E-state index < -0.39 is 35.8 Å². The largest absolute Gasteiger partial charge is 0.374 e. The average Bonchev–Trinajstić information content (AvgIpc) is 3.29. The quantitative estimate of drug-likeness (QED) is 0.327. The lowest BCUT2D eigenvalue weighted by atomic mass is 10.1. The SMILES string of the molecule is O=c1ccn([C@@H]2O[C@@H](COCc3ccccc3)[C@H](OCc3ccccc3)[C@H]2OCc2ccccc2)c(=O)[nH]1. The van der Waals surface area contributed by atoms with Crippen LogP contribution in [-0.2, 0) is 38.8 Å². The predicted molar refractivity (Wildman–Crippen MR) is 141 cm³/mol. The highest BCUT2D eigenvalue weighted by molar-refractivity contribution is 5.15. The van der Waals surface area contributed by atoms with Crippen LogP contribution in [0.5, 0.6) is 0 Å². The second kappa shape index (κ2) is 12.6. The van der Waals surface area contributed by atoms with Crippen LogP contribution in [0.2, 0.25) is 0 Å². The Labute approximate surface area is 220 Å². The maximum Gasteiger partial charge on any atom is 0.330 e. The van der Waals surface area contributed by atoms with Crippen LogP contribution in [0.1, 0.15) is 22.9 Å². The van der Waals surface area contributed by atoms with Gasteiger partial charge in [0, 0.05) is 12.3 Å². The lowest BCUT2D eigenvalue weighted by Gasteiger charge is -2.25. The summed E-state index contributed by atoms with van der Waals surface area (Å²) in [5.74, 6) is 0. The van der Waals surface area contributed by atoms with Crippen LogP contribution in [0.3, 0.4) is 0 Å². The third-order valence-electron chi connectivity index (χ3n) is 6.38. The van der Waals surface area contributed by atoms with E-state index in [2.05, 4.69) is 4.98 Å². The van der Waals surface area contributed by atoms with Gasteiger partial charge in [0.15, 0.2) is 6.23 Å². The molecule has 0 spiro atoms. The van der Waals surface area contributed by atoms with E-state index in [9.17, 15) is 9.59 Å². The second-order valence-corrected chi connectivity index (χ2v) is 9.11. The summed E-state index contributed by atoms with van der Waals surface area (Å²) in [5.41, 5.74) is 1.96. The molecule has 1 N–H and O–H groups in total. The van der Waals surface area contributed by atoms with E-state index in [4.69, 9.17) is 18.9 Å². The first-order valence-corrected chi connectivity index (χ1v) is 12.6. The van der Waals surface area contributed by atoms with Crippen LogP contribution >= 0.6 is 0 Å². The van der Waals surface area contributed by atoms with Crippen molar-refractivity contribution < 1.29 is 18.9 Å². The average molecular weight is 515 g/mol. The van der Waals surface area contributed by atoms with Crippen molar-refractivity contribution in [3.63, 3.8) is 0 Å². The zero-order valence-corrected chi connectivity index (χ0v) is 20.8. The summed E-state index contributed by atoms with van der Waals surface area (Å²) < 4.78 is 26.5. The van der Waals surface area contributed by atoms with E-state index >= 15 is 0 Å². The molecule has 8 heteroatoms. The molecule has 0 radical (unpaired) electrons. The zero-order chi connectivity index (χ0) is 26.2. The smallest absolute Gasteiger partial charge is 0.330 e.